The largest absolute Gasteiger partial charge is 0.303 e. The van der Waals surface area contributed by atoms with Crippen LogP contribution in [0.25, 0.3) is 0 Å². The predicted octanol–water partition coefficient (Wildman–Crippen LogP) is 4.25. The second kappa shape index (κ2) is 7.57. The number of piperidine rings is 3. The number of rotatable bonds is 3. The van der Waals surface area contributed by atoms with Gasteiger partial charge in [0, 0.05) is 22.5 Å². The highest BCUT2D eigenvalue weighted by atomic mass is 79.9. The van der Waals surface area contributed by atoms with E-state index in [0.29, 0.717) is 5.92 Å². The normalized spacial score (nSPS) is 25.3. The van der Waals surface area contributed by atoms with Crippen molar-refractivity contribution in [2.75, 3.05) is 25.4 Å². The number of hydrogen-bond donors (Lipinski definition) is 0. The maximum Gasteiger partial charge on any atom is 0.134 e. The Morgan fingerprint density at radius 2 is 2.17 bits per heavy atom. The van der Waals surface area contributed by atoms with Gasteiger partial charge in [-0.05, 0) is 50.0 Å². The second-order valence-corrected chi connectivity index (χ2v) is 8.71. The SMILES string of the molecule is Brc1cccc(C#CCSc2nsnc2C2CN3CCC2CC3)c1. The molecule has 1 atom stereocenters. The number of aromatic nitrogens is 2. The highest BCUT2D eigenvalue weighted by Gasteiger charge is 2.37. The summed E-state index contributed by atoms with van der Waals surface area (Å²) in [5.41, 5.74) is 2.27. The average Bonchev–Trinajstić information content (AvgIpc) is 3.08. The number of hydrogen-bond acceptors (Lipinski definition) is 5. The summed E-state index contributed by atoms with van der Waals surface area (Å²) in [5.74, 6) is 8.60. The predicted molar refractivity (Wildman–Crippen MR) is 104 cm³/mol. The highest BCUT2D eigenvalue weighted by molar-refractivity contribution is 9.10. The maximum atomic E-state index is 4.64. The summed E-state index contributed by atoms with van der Waals surface area (Å²) in [6, 6.07) is 8.10. The van der Waals surface area contributed by atoms with Gasteiger partial charge in [-0.3, -0.25) is 0 Å². The molecule has 24 heavy (non-hydrogen) atoms. The van der Waals surface area contributed by atoms with Gasteiger partial charge >= 0.3 is 0 Å². The van der Waals surface area contributed by atoms with Crippen molar-refractivity contribution in [3.63, 3.8) is 0 Å². The van der Waals surface area contributed by atoms with Crippen LogP contribution in [0.2, 0.25) is 0 Å². The lowest BCUT2D eigenvalue weighted by molar-refractivity contribution is 0.0846. The van der Waals surface area contributed by atoms with Gasteiger partial charge in [-0.1, -0.05) is 45.6 Å². The van der Waals surface area contributed by atoms with Crippen LogP contribution in [0.4, 0.5) is 0 Å². The molecule has 0 spiro atoms. The Labute approximate surface area is 159 Å². The zero-order valence-electron chi connectivity index (χ0n) is 13.2. The number of benzene rings is 1. The molecular weight excluding hydrogens is 402 g/mol. The molecule has 1 aromatic carbocycles. The van der Waals surface area contributed by atoms with Gasteiger partial charge in [0.25, 0.3) is 0 Å². The molecule has 5 rings (SSSR count). The third kappa shape index (κ3) is 3.70. The molecule has 3 aliphatic rings. The lowest BCUT2D eigenvalue weighted by Gasteiger charge is -2.44. The van der Waals surface area contributed by atoms with E-state index in [9.17, 15) is 0 Å². The van der Waals surface area contributed by atoms with Crippen LogP contribution in [0.3, 0.4) is 0 Å². The van der Waals surface area contributed by atoms with Gasteiger partial charge < -0.3 is 4.90 Å². The van der Waals surface area contributed by atoms with Crippen LogP contribution >= 0.6 is 39.4 Å². The van der Waals surface area contributed by atoms with E-state index in [0.717, 1.165) is 33.3 Å². The third-order valence-corrected chi connectivity index (χ3v) is 6.84. The highest BCUT2D eigenvalue weighted by Crippen LogP contribution is 2.41. The summed E-state index contributed by atoms with van der Waals surface area (Å²) < 4.78 is 10.2. The standard InChI is InChI=1S/C18H18BrN3S2/c19-15-5-1-3-13(11-15)4-2-10-23-18-17(20-24-21-18)16-12-22-8-6-14(16)7-9-22/h1,3,5,11,14,16H,6-10,12H2. The lowest BCUT2D eigenvalue weighted by Crippen LogP contribution is -2.46. The summed E-state index contributed by atoms with van der Waals surface area (Å²) in [7, 11) is 0. The minimum atomic E-state index is 0.576. The molecule has 1 aromatic heterocycles. The zero-order chi connectivity index (χ0) is 16.4. The Kier molecular flexibility index (Phi) is 5.23. The molecule has 1 unspecified atom stereocenters. The number of halogens is 1. The summed E-state index contributed by atoms with van der Waals surface area (Å²) in [6.45, 7) is 3.69. The van der Waals surface area contributed by atoms with E-state index in [2.05, 4.69) is 41.4 Å². The molecule has 2 bridgehead atoms. The molecular formula is C18H18BrN3S2. The number of fused-ring (bicyclic) bond motifs is 3. The fraction of sp³-hybridized carbons (Fsp3) is 0.444. The summed E-state index contributed by atoms with van der Waals surface area (Å²) in [5, 5.41) is 1.10. The fourth-order valence-corrected chi connectivity index (χ4v) is 5.51. The molecule has 0 radical (unpaired) electrons. The molecule has 3 fully saturated rings. The second-order valence-electron chi connectivity index (χ2n) is 6.30. The van der Waals surface area contributed by atoms with Crippen molar-refractivity contribution in [3.05, 3.63) is 40.0 Å². The van der Waals surface area contributed by atoms with Crippen LogP contribution in [0.5, 0.6) is 0 Å². The van der Waals surface area contributed by atoms with E-state index < -0.39 is 0 Å². The van der Waals surface area contributed by atoms with Crippen LogP contribution in [0.15, 0.2) is 33.8 Å². The molecule has 0 amide bonds. The van der Waals surface area contributed by atoms with Crippen molar-refractivity contribution in [1.82, 2.24) is 13.6 Å². The summed E-state index contributed by atoms with van der Waals surface area (Å²) in [6.07, 6.45) is 2.63. The van der Waals surface area contributed by atoms with E-state index in [1.165, 1.54) is 43.4 Å². The Morgan fingerprint density at radius 3 is 2.92 bits per heavy atom. The monoisotopic (exact) mass is 419 g/mol. The van der Waals surface area contributed by atoms with Crippen LogP contribution in [0.1, 0.15) is 30.0 Å². The Hall–Kier alpha value is -0.870. The van der Waals surface area contributed by atoms with Crippen molar-refractivity contribution in [1.29, 1.82) is 0 Å². The minimum Gasteiger partial charge on any atom is -0.303 e. The third-order valence-electron chi connectivity index (χ3n) is 4.83. The van der Waals surface area contributed by atoms with Gasteiger partial charge in [-0.15, -0.1) is 0 Å². The first-order valence-corrected chi connectivity index (χ1v) is 10.7. The molecule has 3 saturated heterocycles. The average molecular weight is 420 g/mol. The molecule has 6 heteroatoms. The zero-order valence-corrected chi connectivity index (χ0v) is 16.5. The van der Waals surface area contributed by atoms with Gasteiger partial charge in [0.05, 0.1) is 23.2 Å². The number of nitrogens with zero attached hydrogens (tertiary/aromatic N) is 3. The van der Waals surface area contributed by atoms with Gasteiger partial charge in [0.15, 0.2) is 0 Å². The van der Waals surface area contributed by atoms with Crippen LogP contribution in [-0.2, 0) is 0 Å². The minimum absolute atomic E-state index is 0.576. The van der Waals surface area contributed by atoms with Crippen molar-refractivity contribution >= 4 is 39.4 Å². The van der Waals surface area contributed by atoms with Gasteiger partial charge in [0.2, 0.25) is 0 Å². The number of thioether (sulfide) groups is 1. The van der Waals surface area contributed by atoms with E-state index in [4.69, 9.17) is 0 Å². The molecule has 0 saturated carbocycles. The van der Waals surface area contributed by atoms with Gasteiger partial charge in [-0.25, -0.2) is 0 Å². The van der Waals surface area contributed by atoms with E-state index in [-0.39, 0.29) is 0 Å². The van der Waals surface area contributed by atoms with Crippen LogP contribution in [0, 0.1) is 17.8 Å². The first-order chi connectivity index (χ1) is 11.8. The quantitative estimate of drug-likeness (QED) is 0.548. The van der Waals surface area contributed by atoms with E-state index >= 15 is 0 Å². The summed E-state index contributed by atoms with van der Waals surface area (Å²) in [4.78, 5) is 2.57. The maximum absolute atomic E-state index is 4.64. The fourth-order valence-electron chi connectivity index (χ4n) is 3.60. The topological polar surface area (TPSA) is 29.0 Å². The molecule has 2 aromatic rings. The van der Waals surface area contributed by atoms with Crippen LogP contribution < -0.4 is 0 Å². The van der Waals surface area contributed by atoms with Crippen molar-refractivity contribution in [3.8, 4) is 11.8 Å². The lowest BCUT2D eigenvalue weighted by atomic mass is 9.78. The Bertz CT molecular complexity index is 772. The van der Waals surface area contributed by atoms with Gasteiger partial charge in [-0.2, -0.15) is 8.75 Å². The van der Waals surface area contributed by atoms with Gasteiger partial charge in [0.1, 0.15) is 5.03 Å². The smallest absolute Gasteiger partial charge is 0.134 e. The summed E-state index contributed by atoms with van der Waals surface area (Å²) >= 11 is 6.56. The molecule has 3 aliphatic heterocycles. The van der Waals surface area contributed by atoms with Crippen molar-refractivity contribution in [2.45, 2.75) is 23.8 Å². The van der Waals surface area contributed by atoms with E-state index in [1.54, 1.807) is 11.8 Å². The van der Waals surface area contributed by atoms with Crippen LogP contribution in [-0.4, -0.2) is 39.0 Å². The first kappa shape index (κ1) is 16.6. The Morgan fingerprint density at radius 1 is 1.29 bits per heavy atom. The van der Waals surface area contributed by atoms with Crippen molar-refractivity contribution in [2.24, 2.45) is 5.92 Å². The molecule has 3 nitrogen and oxygen atoms in total. The molecule has 4 heterocycles. The molecule has 124 valence electrons. The first-order valence-electron chi connectivity index (χ1n) is 8.21. The van der Waals surface area contributed by atoms with E-state index in [1.807, 2.05) is 24.3 Å². The van der Waals surface area contributed by atoms with Crippen molar-refractivity contribution < 1.29 is 0 Å². The molecule has 0 aliphatic carbocycles. The molecule has 0 N–H and O–H groups in total. The Balaban J connectivity index is 1.41.